The zero-order valence-corrected chi connectivity index (χ0v) is 14.5. The van der Waals surface area contributed by atoms with Crippen LogP contribution in [0.1, 0.15) is 31.1 Å². The maximum atomic E-state index is 13.7. The molecule has 0 atom stereocenters. The molecule has 24 heavy (non-hydrogen) atoms. The molecule has 0 N–H and O–H groups in total. The van der Waals surface area contributed by atoms with E-state index in [2.05, 4.69) is 0 Å². The first-order valence-corrected chi connectivity index (χ1v) is 7.41. The van der Waals surface area contributed by atoms with Crippen LogP contribution in [0.2, 0.25) is 0 Å². The summed E-state index contributed by atoms with van der Waals surface area (Å²) in [4.78, 5) is 26.2. The first-order valence-electron chi connectivity index (χ1n) is 7.41. The van der Waals surface area contributed by atoms with Gasteiger partial charge in [0.25, 0.3) is 0 Å². The molecule has 0 unspecified atom stereocenters. The minimum atomic E-state index is -1.54. The van der Waals surface area contributed by atoms with Crippen molar-refractivity contribution in [1.29, 1.82) is 0 Å². The minimum absolute atomic E-state index is 0. The van der Waals surface area contributed by atoms with Crippen molar-refractivity contribution in [2.24, 2.45) is 0 Å². The van der Waals surface area contributed by atoms with E-state index >= 15 is 0 Å². The van der Waals surface area contributed by atoms with E-state index in [0.717, 1.165) is 0 Å². The van der Waals surface area contributed by atoms with Crippen LogP contribution < -0.4 is 28.9 Å². The Bertz CT molecular complexity index is 611. The van der Waals surface area contributed by atoms with E-state index in [9.17, 15) is 19.1 Å². The zero-order chi connectivity index (χ0) is 17.2. The maximum absolute atomic E-state index is 13.7. The molecule has 6 nitrogen and oxygen atoms in total. The summed E-state index contributed by atoms with van der Waals surface area (Å²) in [6.07, 6.45) is -0.365. The number of carbonyl (C=O) groups excluding carboxylic acids is 2. The van der Waals surface area contributed by atoms with Crippen molar-refractivity contribution >= 4 is 17.7 Å². The fourth-order valence-corrected chi connectivity index (χ4v) is 2.34. The van der Waals surface area contributed by atoms with E-state index in [1.165, 1.54) is 18.2 Å². The monoisotopic (exact) mass is 330 g/mol. The number of hydrogen-bond acceptors (Lipinski definition) is 5. The molecule has 1 fully saturated rings. The van der Waals surface area contributed by atoms with Crippen LogP contribution in [0.25, 0.3) is 0 Å². The maximum Gasteiger partial charge on any atom is 1.00 e. The topological polar surface area (TPSA) is 72.9 Å². The number of nitrogens with zero attached hydrogens (tertiary/aromatic N) is 2. The molecule has 1 aliphatic rings. The summed E-state index contributed by atoms with van der Waals surface area (Å²) >= 11 is 0. The van der Waals surface area contributed by atoms with Crippen molar-refractivity contribution in [2.75, 3.05) is 31.1 Å². The van der Waals surface area contributed by atoms with Gasteiger partial charge in [-0.2, -0.15) is 0 Å². The van der Waals surface area contributed by atoms with Gasteiger partial charge in [0.1, 0.15) is 11.4 Å². The molecule has 1 saturated heterocycles. The average Bonchev–Trinajstić information content (AvgIpc) is 2.45. The number of aromatic carboxylic acids is 1. The quantitative estimate of drug-likeness (QED) is 0.602. The molecule has 1 amide bonds. The SMILES string of the molecule is CC(C)(C)OC(=O)N1CCN(c2ccc(C(=O)[O-])c(F)c2)CC1.[Li+]. The van der Waals surface area contributed by atoms with Crippen LogP contribution in [0.4, 0.5) is 14.9 Å². The van der Waals surface area contributed by atoms with Gasteiger partial charge >= 0.3 is 25.0 Å². The van der Waals surface area contributed by atoms with Gasteiger partial charge in [-0.05, 0) is 39.0 Å². The number of benzene rings is 1. The van der Waals surface area contributed by atoms with Crippen molar-refractivity contribution in [3.8, 4) is 0 Å². The van der Waals surface area contributed by atoms with Gasteiger partial charge < -0.3 is 24.4 Å². The third-order valence-electron chi connectivity index (χ3n) is 3.47. The summed E-state index contributed by atoms with van der Waals surface area (Å²) in [6, 6.07) is 3.91. The van der Waals surface area contributed by atoms with Gasteiger partial charge in [-0.15, -0.1) is 0 Å². The smallest absolute Gasteiger partial charge is 0.545 e. The molecule has 0 spiro atoms. The Morgan fingerprint density at radius 2 is 1.75 bits per heavy atom. The Morgan fingerprint density at radius 3 is 2.21 bits per heavy atom. The fourth-order valence-electron chi connectivity index (χ4n) is 2.34. The van der Waals surface area contributed by atoms with Crippen LogP contribution in [-0.4, -0.2) is 48.7 Å². The van der Waals surface area contributed by atoms with Gasteiger partial charge in [-0.25, -0.2) is 9.18 Å². The van der Waals surface area contributed by atoms with Crippen molar-refractivity contribution < 1.29 is 42.7 Å². The molecule has 126 valence electrons. The van der Waals surface area contributed by atoms with Crippen LogP contribution >= 0.6 is 0 Å². The predicted octanol–water partition coefficient (Wildman–Crippen LogP) is -1.75. The summed E-state index contributed by atoms with van der Waals surface area (Å²) in [6.45, 7) is 7.37. The number of amides is 1. The number of ether oxygens (including phenoxy) is 1. The van der Waals surface area contributed by atoms with Crippen molar-refractivity contribution in [3.05, 3.63) is 29.6 Å². The summed E-state index contributed by atoms with van der Waals surface area (Å²) in [5.74, 6) is -2.36. The Kier molecular flexibility index (Phi) is 6.70. The Hall–Kier alpha value is -1.71. The molecule has 1 aromatic rings. The van der Waals surface area contributed by atoms with Gasteiger partial charge in [0, 0.05) is 37.4 Å². The van der Waals surface area contributed by atoms with E-state index in [1.54, 1.807) is 4.90 Å². The molecule has 1 aromatic carbocycles. The van der Waals surface area contributed by atoms with Crippen LogP contribution in [0.3, 0.4) is 0 Å². The molecule has 2 rings (SSSR count). The van der Waals surface area contributed by atoms with Crippen molar-refractivity contribution in [3.63, 3.8) is 0 Å². The van der Waals surface area contributed by atoms with E-state index < -0.39 is 23.0 Å². The number of anilines is 1. The number of hydrogen-bond donors (Lipinski definition) is 0. The molecule has 0 saturated carbocycles. The molecular formula is C16H20FLiN2O4. The standard InChI is InChI=1S/C16H21FN2O4.Li/c1-16(2,3)23-15(22)19-8-6-18(7-9-19)11-4-5-12(14(20)21)13(17)10-11;/h4-5,10H,6-9H2,1-3H3,(H,20,21);/q;+1/p-1. The van der Waals surface area contributed by atoms with E-state index in [-0.39, 0.29) is 25.0 Å². The minimum Gasteiger partial charge on any atom is -0.545 e. The second-order valence-electron chi connectivity index (χ2n) is 6.41. The molecule has 0 aliphatic carbocycles. The van der Waals surface area contributed by atoms with Crippen LogP contribution in [0, 0.1) is 5.82 Å². The molecule has 1 heterocycles. The van der Waals surface area contributed by atoms with Gasteiger partial charge in [-0.1, -0.05) is 0 Å². The Morgan fingerprint density at radius 1 is 1.17 bits per heavy atom. The fraction of sp³-hybridized carbons (Fsp3) is 0.500. The molecular weight excluding hydrogens is 310 g/mol. The molecule has 0 bridgehead atoms. The van der Waals surface area contributed by atoms with Gasteiger partial charge in [0.2, 0.25) is 0 Å². The molecule has 0 aromatic heterocycles. The first kappa shape index (κ1) is 20.3. The van der Waals surface area contributed by atoms with Crippen molar-refractivity contribution in [2.45, 2.75) is 26.4 Å². The second-order valence-corrected chi connectivity index (χ2v) is 6.41. The number of piperazine rings is 1. The number of halogens is 1. The largest absolute Gasteiger partial charge is 1.00 e. The van der Waals surface area contributed by atoms with E-state index in [1.807, 2.05) is 25.7 Å². The Labute approximate surface area is 152 Å². The summed E-state index contributed by atoms with van der Waals surface area (Å²) in [7, 11) is 0. The number of carbonyl (C=O) groups is 2. The third kappa shape index (κ3) is 5.15. The third-order valence-corrected chi connectivity index (χ3v) is 3.47. The van der Waals surface area contributed by atoms with Crippen molar-refractivity contribution in [1.82, 2.24) is 4.90 Å². The van der Waals surface area contributed by atoms with E-state index in [4.69, 9.17) is 4.74 Å². The summed E-state index contributed by atoms with van der Waals surface area (Å²) in [5, 5.41) is 10.7. The van der Waals surface area contributed by atoms with E-state index in [0.29, 0.717) is 31.9 Å². The average molecular weight is 330 g/mol. The van der Waals surface area contributed by atoms with Crippen LogP contribution in [0.15, 0.2) is 18.2 Å². The Balaban J connectivity index is 0.00000288. The molecule has 1 aliphatic heterocycles. The predicted molar refractivity (Wildman–Crippen MR) is 80.8 cm³/mol. The molecule has 8 heteroatoms. The summed E-state index contributed by atoms with van der Waals surface area (Å²) < 4.78 is 19.0. The second kappa shape index (κ2) is 7.91. The number of carboxylic acid groups (broad SMARTS) is 1. The van der Waals surface area contributed by atoms with Crippen LogP contribution in [-0.2, 0) is 4.74 Å². The summed E-state index contributed by atoms with van der Waals surface area (Å²) in [5.41, 5.74) is -0.421. The molecule has 0 radical (unpaired) electrons. The number of rotatable bonds is 2. The number of carboxylic acids is 1. The zero-order valence-electron chi connectivity index (χ0n) is 14.5. The van der Waals surface area contributed by atoms with Crippen LogP contribution in [0.5, 0.6) is 0 Å². The normalized spacial score (nSPS) is 14.8. The van der Waals surface area contributed by atoms with Gasteiger partial charge in [-0.3, -0.25) is 0 Å². The van der Waals surface area contributed by atoms with Gasteiger partial charge in [0.15, 0.2) is 0 Å². The van der Waals surface area contributed by atoms with Gasteiger partial charge in [0.05, 0.1) is 5.97 Å². The first-order chi connectivity index (χ1) is 10.7.